The highest BCUT2D eigenvalue weighted by molar-refractivity contribution is 7.99. The average Bonchev–Trinajstić information content (AvgIpc) is 3.56. The Labute approximate surface area is 263 Å². The lowest BCUT2D eigenvalue weighted by Crippen LogP contribution is -2.45. The lowest BCUT2D eigenvalue weighted by Gasteiger charge is -2.30. The number of imide groups is 1. The maximum absolute atomic E-state index is 13.5. The Bertz CT molecular complexity index is 1430. The Morgan fingerprint density at radius 2 is 1.57 bits per heavy atom. The van der Waals surface area contributed by atoms with Crippen LogP contribution in [0.2, 0.25) is 0 Å². The first-order valence-electron chi connectivity index (χ1n) is 14.5. The van der Waals surface area contributed by atoms with Crippen LogP contribution in [0.25, 0.3) is 0 Å². The summed E-state index contributed by atoms with van der Waals surface area (Å²) in [5.41, 5.74) is -0.447. The van der Waals surface area contributed by atoms with Crippen molar-refractivity contribution >= 4 is 41.7 Å². The van der Waals surface area contributed by atoms with E-state index < -0.39 is 34.8 Å². The lowest BCUT2D eigenvalue weighted by atomic mass is 9.93. The van der Waals surface area contributed by atoms with E-state index in [0.717, 1.165) is 28.2 Å². The number of carbonyl (C=O) groups excluding carboxylic acids is 3. The number of thioether (sulfide) groups is 1. The molecule has 1 aliphatic heterocycles. The minimum atomic E-state index is -0.956. The molecule has 1 aromatic heterocycles. The van der Waals surface area contributed by atoms with Gasteiger partial charge < -0.3 is 23.8 Å². The van der Waals surface area contributed by atoms with Crippen molar-refractivity contribution in [3.63, 3.8) is 0 Å². The average molecular weight is 627 g/mol. The van der Waals surface area contributed by atoms with Crippen LogP contribution in [0.15, 0.2) is 41.1 Å². The summed E-state index contributed by atoms with van der Waals surface area (Å²) in [6.45, 7) is 14.2. The topological polar surface area (TPSA) is 120 Å². The van der Waals surface area contributed by atoms with Crippen molar-refractivity contribution in [1.82, 2.24) is 9.97 Å². The number of allylic oxidation sites excluding steroid dienone is 1. The molecule has 2 amide bonds. The van der Waals surface area contributed by atoms with Gasteiger partial charge in [0.2, 0.25) is 5.95 Å². The molecule has 1 saturated carbocycles. The van der Waals surface area contributed by atoms with Crippen molar-refractivity contribution in [1.29, 1.82) is 0 Å². The van der Waals surface area contributed by atoms with Gasteiger partial charge in [-0.25, -0.2) is 14.6 Å². The summed E-state index contributed by atoms with van der Waals surface area (Å²) in [6, 6.07) is 7.70. The molecule has 2 aliphatic rings. The first-order chi connectivity index (χ1) is 20.4. The van der Waals surface area contributed by atoms with Crippen LogP contribution in [-0.2, 0) is 31.0 Å². The van der Waals surface area contributed by atoms with E-state index in [0.29, 0.717) is 28.9 Å². The van der Waals surface area contributed by atoms with E-state index in [-0.39, 0.29) is 11.9 Å². The standard InChI is InChI=1S/C32H42N4O7S/c1-19-15-32(19)16-23(41-20(2)37)18-44-26-24(32)25(35(9)17-21-11-13-22(40-10)14-12-21)33-27(34-26)36(28(38)42-30(3,4)5)29(39)43-31(6,7)8/h11-14,16,19H,15,17-18H2,1-10H3/t19?,32-/m1/s1. The third kappa shape index (κ3) is 7.64. The zero-order valence-electron chi connectivity index (χ0n) is 27.1. The van der Waals surface area contributed by atoms with Crippen molar-refractivity contribution in [2.24, 2.45) is 5.92 Å². The number of aromatic nitrogens is 2. The molecule has 0 N–H and O–H groups in total. The molecule has 1 fully saturated rings. The highest BCUT2D eigenvalue weighted by Crippen LogP contribution is 2.61. The van der Waals surface area contributed by atoms with Crippen LogP contribution in [-0.4, -0.2) is 59.2 Å². The van der Waals surface area contributed by atoms with Gasteiger partial charge in [-0.3, -0.25) is 4.79 Å². The van der Waals surface area contributed by atoms with Crippen LogP contribution < -0.4 is 14.5 Å². The van der Waals surface area contributed by atoms with Gasteiger partial charge in [-0.2, -0.15) is 4.98 Å². The molecule has 2 heterocycles. The minimum absolute atomic E-state index is 0.171. The fourth-order valence-electron chi connectivity index (χ4n) is 5.02. The second-order valence-corrected chi connectivity index (χ2v) is 14.1. The summed E-state index contributed by atoms with van der Waals surface area (Å²) < 4.78 is 22.1. The molecule has 1 unspecified atom stereocenters. The number of rotatable bonds is 6. The van der Waals surface area contributed by atoms with Gasteiger partial charge in [0.15, 0.2) is 0 Å². The van der Waals surface area contributed by atoms with E-state index in [4.69, 9.17) is 28.9 Å². The Morgan fingerprint density at radius 1 is 1.00 bits per heavy atom. The molecule has 44 heavy (non-hydrogen) atoms. The molecule has 2 aromatic rings. The highest BCUT2D eigenvalue weighted by atomic mass is 32.2. The van der Waals surface area contributed by atoms with Crippen molar-refractivity contribution < 1.29 is 33.3 Å². The van der Waals surface area contributed by atoms with Crippen molar-refractivity contribution in [3.8, 4) is 5.75 Å². The number of nitrogens with zero attached hydrogens (tertiary/aromatic N) is 4. The summed E-state index contributed by atoms with van der Waals surface area (Å²) in [5.74, 6) is 1.78. The number of methoxy groups -OCH3 is 1. The number of carbonyl (C=O) groups is 3. The van der Waals surface area contributed by atoms with Gasteiger partial charge in [0.05, 0.1) is 12.9 Å². The van der Waals surface area contributed by atoms with Crippen LogP contribution >= 0.6 is 11.8 Å². The molecule has 1 spiro atoms. The third-order valence-electron chi connectivity index (χ3n) is 7.01. The van der Waals surface area contributed by atoms with Crippen LogP contribution in [0, 0.1) is 5.92 Å². The Kier molecular flexibility index (Phi) is 9.25. The fraction of sp³-hybridized carbons (Fsp3) is 0.531. The van der Waals surface area contributed by atoms with Crippen molar-refractivity contribution in [2.45, 2.75) is 90.0 Å². The number of anilines is 2. The maximum atomic E-state index is 13.5. The van der Waals surface area contributed by atoms with Gasteiger partial charge in [-0.1, -0.05) is 30.8 Å². The van der Waals surface area contributed by atoms with E-state index >= 15 is 0 Å². The van der Waals surface area contributed by atoms with Gasteiger partial charge >= 0.3 is 18.2 Å². The SMILES string of the molecule is COc1ccc(CN(C)c2nc(N(C(=O)OC(C)(C)C)C(=O)OC(C)(C)C)nc3c2[C@@]2(C=C(OC(C)=O)CS3)CC2C)cc1. The quantitative estimate of drug-likeness (QED) is 0.195. The summed E-state index contributed by atoms with van der Waals surface area (Å²) in [6.07, 6.45) is 0.884. The van der Waals surface area contributed by atoms with Gasteiger partial charge in [0.1, 0.15) is 33.6 Å². The predicted molar refractivity (Wildman–Crippen MR) is 168 cm³/mol. The zero-order valence-corrected chi connectivity index (χ0v) is 28.0. The summed E-state index contributed by atoms with van der Waals surface area (Å²) in [7, 11) is 3.51. The summed E-state index contributed by atoms with van der Waals surface area (Å²) >= 11 is 1.36. The molecule has 11 nitrogen and oxygen atoms in total. The fourth-order valence-corrected chi connectivity index (χ4v) is 6.01. The van der Waals surface area contributed by atoms with Gasteiger partial charge in [0.25, 0.3) is 0 Å². The molecular formula is C32H42N4O7S. The number of amides is 2. The molecule has 238 valence electrons. The largest absolute Gasteiger partial charge is 0.497 e. The molecule has 1 aliphatic carbocycles. The summed E-state index contributed by atoms with van der Waals surface area (Å²) in [5, 5.41) is 0.575. The molecule has 0 saturated heterocycles. The van der Waals surface area contributed by atoms with Crippen molar-refractivity contribution in [3.05, 3.63) is 47.2 Å². The highest BCUT2D eigenvalue weighted by Gasteiger charge is 2.56. The number of esters is 1. The predicted octanol–water partition coefficient (Wildman–Crippen LogP) is 6.63. The zero-order chi connectivity index (χ0) is 32.6. The van der Waals surface area contributed by atoms with Gasteiger partial charge in [-0.15, -0.1) is 4.90 Å². The van der Waals surface area contributed by atoms with Crippen LogP contribution in [0.1, 0.15) is 72.9 Å². The van der Waals surface area contributed by atoms with Gasteiger partial charge in [0, 0.05) is 31.5 Å². The van der Waals surface area contributed by atoms with E-state index in [1.54, 1.807) is 48.7 Å². The number of hydrogen-bond acceptors (Lipinski definition) is 11. The number of hydrogen-bond donors (Lipinski definition) is 0. The maximum Gasteiger partial charge on any atom is 0.427 e. The number of ether oxygens (including phenoxy) is 4. The Morgan fingerprint density at radius 3 is 2.05 bits per heavy atom. The molecule has 0 radical (unpaired) electrons. The smallest absolute Gasteiger partial charge is 0.427 e. The van der Waals surface area contributed by atoms with Crippen molar-refractivity contribution in [2.75, 3.05) is 29.7 Å². The summed E-state index contributed by atoms with van der Waals surface area (Å²) in [4.78, 5) is 51.4. The van der Waals surface area contributed by atoms with Gasteiger partial charge in [-0.05, 0) is 77.7 Å². The van der Waals surface area contributed by atoms with E-state index in [2.05, 4.69) is 6.92 Å². The molecule has 12 heteroatoms. The molecule has 4 rings (SSSR count). The van der Waals surface area contributed by atoms with Crippen LogP contribution in [0.5, 0.6) is 5.75 Å². The molecule has 1 aromatic carbocycles. The Balaban J connectivity index is 1.89. The Hall–Kier alpha value is -3.80. The minimum Gasteiger partial charge on any atom is -0.497 e. The number of fused-ring (bicyclic) bond motifs is 2. The third-order valence-corrected chi connectivity index (χ3v) is 8.01. The molecule has 0 bridgehead atoms. The first kappa shape index (κ1) is 33.1. The molecular weight excluding hydrogens is 584 g/mol. The van der Waals surface area contributed by atoms with E-state index in [9.17, 15) is 14.4 Å². The van der Waals surface area contributed by atoms with E-state index in [1.165, 1.54) is 18.7 Å². The molecule has 2 atom stereocenters. The second-order valence-electron chi connectivity index (χ2n) is 13.2. The first-order valence-corrected chi connectivity index (χ1v) is 15.5. The van der Waals surface area contributed by atoms with E-state index in [1.807, 2.05) is 42.3 Å². The van der Waals surface area contributed by atoms with Crippen LogP contribution in [0.4, 0.5) is 21.4 Å². The lowest BCUT2D eigenvalue weighted by molar-refractivity contribution is -0.136. The van der Waals surface area contributed by atoms with Crippen LogP contribution in [0.3, 0.4) is 0 Å². The number of benzene rings is 1. The normalized spacial score (nSPS) is 19.2. The monoisotopic (exact) mass is 626 g/mol. The second kappa shape index (κ2) is 12.3.